The molecule has 1 fully saturated rings. The van der Waals surface area contributed by atoms with Crippen molar-refractivity contribution < 1.29 is 9.53 Å². The summed E-state index contributed by atoms with van der Waals surface area (Å²) in [7, 11) is 0. The Morgan fingerprint density at radius 1 is 1.10 bits per heavy atom. The maximum atomic E-state index is 11.7. The lowest BCUT2D eigenvalue weighted by Crippen LogP contribution is -2.44. The molecule has 4 nitrogen and oxygen atoms in total. The third-order valence-corrected chi connectivity index (χ3v) is 3.49. The number of aryl methyl sites for hydroxylation is 1. The van der Waals surface area contributed by atoms with E-state index in [1.165, 1.54) is 5.56 Å². The molecule has 109 valence electrons. The van der Waals surface area contributed by atoms with E-state index in [9.17, 15) is 4.79 Å². The first kappa shape index (κ1) is 14.9. The number of benzene rings is 1. The van der Waals surface area contributed by atoms with Gasteiger partial charge in [0.15, 0.2) is 0 Å². The molecule has 0 saturated carbocycles. The summed E-state index contributed by atoms with van der Waals surface area (Å²) in [6.45, 7) is 3.42. The summed E-state index contributed by atoms with van der Waals surface area (Å²) in [5, 5.41) is 4.21. The van der Waals surface area contributed by atoms with Crippen LogP contribution in [-0.2, 0) is 11.2 Å². The van der Waals surface area contributed by atoms with Gasteiger partial charge < -0.3 is 9.64 Å². The molecule has 1 saturated heterocycles. The molecule has 1 aliphatic heterocycles. The zero-order valence-corrected chi connectivity index (χ0v) is 12.0. The average molecular weight is 275 g/mol. The van der Waals surface area contributed by atoms with Crippen LogP contribution in [0.4, 0.5) is 4.79 Å². The first-order valence-corrected chi connectivity index (χ1v) is 7.45. The normalized spacial score (nSPS) is 15.1. The van der Waals surface area contributed by atoms with Crippen LogP contribution in [-0.4, -0.2) is 43.8 Å². The monoisotopic (exact) mass is 275 g/mol. The Bertz CT molecular complexity index is 389. The number of hydrogen-bond acceptors (Lipinski definition) is 2. The predicted octanol–water partition coefficient (Wildman–Crippen LogP) is 2.46. The Balaban J connectivity index is 1.50. The predicted molar refractivity (Wildman–Crippen MR) is 78.8 cm³/mol. The Morgan fingerprint density at radius 2 is 1.85 bits per heavy atom. The van der Waals surface area contributed by atoms with Gasteiger partial charge in [-0.2, -0.15) is 0 Å². The first-order chi connectivity index (χ1) is 9.86. The van der Waals surface area contributed by atoms with Gasteiger partial charge in [-0.15, -0.1) is 0 Å². The number of ether oxygens (including phenoxy) is 1. The molecule has 0 atom stereocenters. The summed E-state index contributed by atoms with van der Waals surface area (Å²) < 4.78 is 5.28. The summed E-state index contributed by atoms with van der Waals surface area (Å²) >= 11 is 0. The largest absolute Gasteiger partial charge is 0.449 e. The first-order valence-electron chi connectivity index (χ1n) is 7.45. The van der Waals surface area contributed by atoms with Gasteiger partial charge in [-0.05, 0) is 31.2 Å². The summed E-state index contributed by atoms with van der Waals surface area (Å²) in [5.74, 6) is 0. The van der Waals surface area contributed by atoms with Crippen LogP contribution in [0.25, 0.3) is 0 Å². The number of nitrogens with zero attached hydrogens (tertiary/aromatic N) is 2. The maximum absolute atomic E-state index is 11.7. The fourth-order valence-electron chi connectivity index (χ4n) is 2.29. The van der Waals surface area contributed by atoms with Gasteiger partial charge in [-0.3, -0.25) is 0 Å². The molecule has 1 aliphatic rings. The number of carbonyl (C=O) groups excluding carboxylic acids is 1. The highest BCUT2D eigenvalue weighted by atomic mass is 16.6. The lowest BCUT2D eigenvalue weighted by atomic mass is 10.1. The Labute approximate surface area is 121 Å². The molecule has 0 aromatic heterocycles. The van der Waals surface area contributed by atoms with Crippen molar-refractivity contribution in [1.82, 2.24) is 10.2 Å². The van der Waals surface area contributed by atoms with E-state index in [1.807, 2.05) is 6.07 Å². The van der Waals surface area contributed by atoms with Crippen LogP contribution in [0.15, 0.2) is 30.3 Å². The van der Waals surface area contributed by atoms with E-state index in [1.54, 1.807) is 4.90 Å². The molecule has 1 aromatic carbocycles. The number of hydrogen-bond donors (Lipinski definition) is 0. The second kappa shape index (κ2) is 8.59. The molecule has 1 aromatic rings. The van der Waals surface area contributed by atoms with Gasteiger partial charge in [0, 0.05) is 26.2 Å². The van der Waals surface area contributed by atoms with Crippen molar-refractivity contribution in [2.75, 3.05) is 32.8 Å². The van der Waals surface area contributed by atoms with Gasteiger partial charge in [0.25, 0.3) is 0 Å². The second-order valence-corrected chi connectivity index (χ2v) is 5.07. The summed E-state index contributed by atoms with van der Waals surface area (Å²) in [5.41, 5.74) is 1.38. The molecular weight excluding hydrogens is 252 g/mol. The maximum Gasteiger partial charge on any atom is 0.409 e. The fraction of sp³-hybridized carbons (Fsp3) is 0.562. The Kier molecular flexibility index (Phi) is 6.38. The number of piperazine rings is 1. The molecule has 4 heteroatoms. The molecule has 1 amide bonds. The van der Waals surface area contributed by atoms with Crippen molar-refractivity contribution in [1.29, 1.82) is 0 Å². The Morgan fingerprint density at radius 3 is 2.60 bits per heavy atom. The molecular formula is C16H23N2O2. The standard InChI is InChI=1S/C16H23N2O2/c19-16(18-12-10-17-11-13-18)20-14-6-2-5-9-15-7-3-1-4-8-15/h1,3-4,7-8H,2,5-6,9-14H2. The van der Waals surface area contributed by atoms with Gasteiger partial charge in [-0.25, -0.2) is 10.1 Å². The summed E-state index contributed by atoms with van der Waals surface area (Å²) in [4.78, 5) is 13.5. The minimum atomic E-state index is -0.178. The zero-order chi connectivity index (χ0) is 14.0. The Hall–Kier alpha value is -1.55. The SMILES string of the molecule is O=C(OCCCCCc1ccccc1)N1CC[N]CC1. The van der Waals surface area contributed by atoms with E-state index >= 15 is 0 Å². The van der Waals surface area contributed by atoms with Crippen molar-refractivity contribution in [2.45, 2.75) is 25.7 Å². The van der Waals surface area contributed by atoms with Crippen LogP contribution in [0, 0.1) is 0 Å². The van der Waals surface area contributed by atoms with Crippen molar-refractivity contribution in [3.8, 4) is 0 Å². The van der Waals surface area contributed by atoms with Crippen LogP contribution in [0.2, 0.25) is 0 Å². The van der Waals surface area contributed by atoms with Crippen molar-refractivity contribution in [3.63, 3.8) is 0 Å². The van der Waals surface area contributed by atoms with Crippen LogP contribution >= 0.6 is 0 Å². The van der Waals surface area contributed by atoms with E-state index in [0.717, 1.165) is 38.8 Å². The third kappa shape index (κ3) is 5.21. The van der Waals surface area contributed by atoms with E-state index in [2.05, 4.69) is 29.6 Å². The molecule has 20 heavy (non-hydrogen) atoms. The average Bonchev–Trinajstić information content (AvgIpc) is 2.52. The highest BCUT2D eigenvalue weighted by molar-refractivity contribution is 5.67. The van der Waals surface area contributed by atoms with Crippen molar-refractivity contribution in [3.05, 3.63) is 35.9 Å². The smallest absolute Gasteiger partial charge is 0.409 e. The number of unbranched alkanes of at least 4 members (excludes halogenated alkanes) is 2. The molecule has 0 aliphatic carbocycles. The fourth-order valence-corrected chi connectivity index (χ4v) is 2.29. The van der Waals surface area contributed by atoms with E-state index < -0.39 is 0 Å². The van der Waals surface area contributed by atoms with Gasteiger partial charge in [0.2, 0.25) is 0 Å². The number of carbonyl (C=O) groups is 1. The molecule has 1 radical (unpaired) electrons. The van der Waals surface area contributed by atoms with Gasteiger partial charge in [-0.1, -0.05) is 30.3 Å². The minimum absolute atomic E-state index is 0.178. The van der Waals surface area contributed by atoms with Crippen LogP contribution in [0.3, 0.4) is 0 Å². The summed E-state index contributed by atoms with van der Waals surface area (Å²) in [6, 6.07) is 10.5. The van der Waals surface area contributed by atoms with Gasteiger partial charge in [0.1, 0.15) is 0 Å². The quantitative estimate of drug-likeness (QED) is 0.748. The molecule has 0 unspecified atom stereocenters. The topological polar surface area (TPSA) is 43.6 Å². The van der Waals surface area contributed by atoms with E-state index in [4.69, 9.17) is 4.74 Å². The zero-order valence-electron chi connectivity index (χ0n) is 12.0. The molecule has 0 bridgehead atoms. The minimum Gasteiger partial charge on any atom is -0.449 e. The van der Waals surface area contributed by atoms with Crippen molar-refractivity contribution in [2.24, 2.45) is 0 Å². The molecule has 0 spiro atoms. The van der Waals surface area contributed by atoms with Crippen LogP contribution < -0.4 is 5.32 Å². The number of rotatable bonds is 6. The summed E-state index contributed by atoms with van der Waals surface area (Å²) in [6.07, 6.45) is 4.10. The lowest BCUT2D eigenvalue weighted by molar-refractivity contribution is 0.0957. The lowest BCUT2D eigenvalue weighted by Gasteiger charge is -2.25. The molecule has 2 rings (SSSR count). The molecule has 1 heterocycles. The van der Waals surface area contributed by atoms with Crippen LogP contribution in [0.1, 0.15) is 24.8 Å². The highest BCUT2D eigenvalue weighted by Gasteiger charge is 2.17. The number of amides is 1. The van der Waals surface area contributed by atoms with E-state index in [-0.39, 0.29) is 6.09 Å². The van der Waals surface area contributed by atoms with Gasteiger partial charge in [0.05, 0.1) is 6.61 Å². The van der Waals surface area contributed by atoms with Crippen molar-refractivity contribution >= 4 is 6.09 Å². The molecule has 0 N–H and O–H groups in total. The second-order valence-electron chi connectivity index (χ2n) is 5.07. The van der Waals surface area contributed by atoms with Gasteiger partial charge >= 0.3 is 6.09 Å². The third-order valence-electron chi connectivity index (χ3n) is 3.49. The van der Waals surface area contributed by atoms with E-state index in [0.29, 0.717) is 19.7 Å². The van der Waals surface area contributed by atoms with Crippen LogP contribution in [0.5, 0.6) is 0 Å². The highest BCUT2D eigenvalue weighted by Crippen LogP contribution is 2.06.